The number of hydrogen-bond acceptors (Lipinski definition) is 6. The molecule has 0 bridgehead atoms. The van der Waals surface area contributed by atoms with Crippen LogP contribution >= 0.6 is 0 Å². The van der Waals surface area contributed by atoms with Crippen molar-refractivity contribution >= 4 is 5.91 Å². The zero-order valence-electron chi connectivity index (χ0n) is 13.6. The maximum absolute atomic E-state index is 12.5. The van der Waals surface area contributed by atoms with Crippen molar-refractivity contribution in [1.82, 2.24) is 15.0 Å². The smallest absolute Gasteiger partial charge is 0.232 e. The highest BCUT2D eigenvalue weighted by atomic mass is 16.5. The first-order valence-electron chi connectivity index (χ1n) is 8.41. The quantitative estimate of drug-likeness (QED) is 0.849. The first-order chi connectivity index (χ1) is 11.2. The van der Waals surface area contributed by atoms with E-state index in [0.717, 1.165) is 12.8 Å². The second-order valence-corrected chi connectivity index (χ2v) is 6.68. The van der Waals surface area contributed by atoms with E-state index in [4.69, 9.17) is 9.26 Å². The number of ether oxygens (including phenoxy) is 1. The second-order valence-electron chi connectivity index (χ2n) is 6.68. The second kappa shape index (κ2) is 7.40. The summed E-state index contributed by atoms with van der Waals surface area (Å²) in [6.07, 6.45) is 5.44. The van der Waals surface area contributed by atoms with Gasteiger partial charge in [-0.05, 0) is 18.8 Å². The third kappa shape index (κ3) is 3.72. The molecule has 0 radical (unpaired) electrons. The Morgan fingerprint density at radius 3 is 2.87 bits per heavy atom. The Labute approximate surface area is 136 Å². The van der Waals surface area contributed by atoms with Gasteiger partial charge in [0.25, 0.3) is 0 Å². The van der Waals surface area contributed by atoms with Gasteiger partial charge >= 0.3 is 0 Å². The van der Waals surface area contributed by atoms with Crippen LogP contribution < -0.4 is 0 Å². The summed E-state index contributed by atoms with van der Waals surface area (Å²) in [5.41, 5.74) is 0. The van der Waals surface area contributed by atoms with Crippen LogP contribution in [0.1, 0.15) is 49.7 Å². The highest BCUT2D eigenvalue weighted by Crippen LogP contribution is 2.34. The molecule has 2 fully saturated rings. The van der Waals surface area contributed by atoms with Gasteiger partial charge in [-0.1, -0.05) is 18.0 Å². The van der Waals surface area contributed by atoms with Crippen LogP contribution in [0.4, 0.5) is 0 Å². The normalized spacial score (nSPS) is 25.4. The van der Waals surface area contributed by atoms with Gasteiger partial charge in [0.1, 0.15) is 6.61 Å². The lowest BCUT2D eigenvalue weighted by atomic mass is 9.97. The van der Waals surface area contributed by atoms with Gasteiger partial charge in [0, 0.05) is 39.1 Å². The summed E-state index contributed by atoms with van der Waals surface area (Å²) in [5.74, 6) is 1.58. The number of methoxy groups -OCH3 is 1. The molecule has 1 saturated carbocycles. The molecule has 1 amide bonds. The van der Waals surface area contributed by atoms with Gasteiger partial charge in [-0.3, -0.25) is 4.79 Å². The number of carbonyl (C=O) groups excluding carboxylic acids is 1. The van der Waals surface area contributed by atoms with Crippen molar-refractivity contribution in [2.45, 2.75) is 44.6 Å². The lowest BCUT2D eigenvalue weighted by Gasteiger charge is -2.18. The third-order valence-electron chi connectivity index (χ3n) is 5.04. The predicted molar refractivity (Wildman–Crippen MR) is 81.5 cm³/mol. The fraction of sp³-hybridized carbons (Fsp3) is 0.812. The molecule has 0 unspecified atom stereocenters. The molecule has 23 heavy (non-hydrogen) atoms. The van der Waals surface area contributed by atoms with Crippen LogP contribution in [0.5, 0.6) is 0 Å². The Morgan fingerprint density at radius 1 is 1.39 bits per heavy atom. The molecule has 1 saturated heterocycles. The zero-order chi connectivity index (χ0) is 16.2. The number of hydrogen-bond donors (Lipinski definition) is 1. The molecule has 1 N–H and O–H groups in total. The molecule has 3 rings (SSSR count). The van der Waals surface area contributed by atoms with E-state index in [1.165, 1.54) is 12.8 Å². The molecule has 7 nitrogen and oxygen atoms in total. The first-order valence-corrected chi connectivity index (χ1v) is 8.41. The summed E-state index contributed by atoms with van der Waals surface area (Å²) in [5, 5.41) is 13.5. The van der Waals surface area contributed by atoms with E-state index in [9.17, 15) is 9.90 Å². The number of rotatable bonds is 6. The average Bonchev–Trinajstić information content (AvgIpc) is 3.27. The predicted octanol–water partition coefficient (Wildman–Crippen LogP) is 1.33. The summed E-state index contributed by atoms with van der Waals surface area (Å²) in [7, 11) is 1.57. The molecule has 1 aromatic heterocycles. The molecular weight excluding hydrogens is 298 g/mol. The van der Waals surface area contributed by atoms with E-state index in [1.807, 2.05) is 4.90 Å². The Morgan fingerprint density at radius 2 is 2.17 bits per heavy atom. The minimum Gasteiger partial charge on any atom is -0.396 e. The number of likely N-dealkylation sites (tertiary alicyclic amines) is 1. The SMILES string of the molecule is COCc1noc([C@@H]2CN(C(=O)CC3CCCC3)C[C@H]2CO)n1. The van der Waals surface area contributed by atoms with Crippen molar-refractivity contribution in [2.24, 2.45) is 11.8 Å². The van der Waals surface area contributed by atoms with Crippen LogP contribution in [0.2, 0.25) is 0 Å². The maximum atomic E-state index is 12.5. The number of amides is 1. The van der Waals surface area contributed by atoms with E-state index < -0.39 is 0 Å². The van der Waals surface area contributed by atoms with Crippen LogP contribution in [0.15, 0.2) is 4.52 Å². The highest BCUT2D eigenvalue weighted by Gasteiger charge is 2.39. The van der Waals surface area contributed by atoms with Gasteiger partial charge in [-0.15, -0.1) is 0 Å². The summed E-state index contributed by atoms with van der Waals surface area (Å²) in [6, 6.07) is 0. The molecule has 1 aliphatic heterocycles. The van der Waals surface area contributed by atoms with Gasteiger partial charge in [0.05, 0.1) is 5.92 Å². The van der Waals surface area contributed by atoms with Gasteiger partial charge in [0.15, 0.2) is 5.82 Å². The minimum absolute atomic E-state index is 0.0138. The first kappa shape index (κ1) is 16.4. The molecule has 1 aromatic rings. The summed E-state index contributed by atoms with van der Waals surface area (Å²) in [4.78, 5) is 18.7. The van der Waals surface area contributed by atoms with Crippen molar-refractivity contribution in [3.05, 3.63) is 11.7 Å². The number of carbonyl (C=O) groups is 1. The number of aromatic nitrogens is 2. The largest absolute Gasteiger partial charge is 0.396 e. The van der Waals surface area contributed by atoms with E-state index in [2.05, 4.69) is 10.1 Å². The van der Waals surface area contributed by atoms with E-state index in [0.29, 0.717) is 43.8 Å². The number of nitrogens with zero attached hydrogens (tertiary/aromatic N) is 3. The number of aliphatic hydroxyl groups is 1. The van der Waals surface area contributed by atoms with Gasteiger partial charge in [-0.2, -0.15) is 4.98 Å². The molecular formula is C16H25N3O4. The minimum atomic E-state index is -0.0920. The molecule has 2 atom stereocenters. The topological polar surface area (TPSA) is 88.7 Å². The average molecular weight is 323 g/mol. The Hall–Kier alpha value is -1.47. The van der Waals surface area contributed by atoms with E-state index in [1.54, 1.807) is 7.11 Å². The fourth-order valence-electron chi connectivity index (χ4n) is 3.74. The van der Waals surface area contributed by atoms with Crippen molar-refractivity contribution in [1.29, 1.82) is 0 Å². The molecule has 7 heteroatoms. The van der Waals surface area contributed by atoms with Crippen molar-refractivity contribution in [2.75, 3.05) is 26.8 Å². The van der Waals surface area contributed by atoms with Crippen LogP contribution in [0.3, 0.4) is 0 Å². The monoisotopic (exact) mass is 323 g/mol. The highest BCUT2D eigenvalue weighted by molar-refractivity contribution is 5.77. The van der Waals surface area contributed by atoms with Gasteiger partial charge in [0.2, 0.25) is 11.8 Å². The van der Waals surface area contributed by atoms with Crippen molar-refractivity contribution in [3.63, 3.8) is 0 Å². The Balaban J connectivity index is 1.63. The van der Waals surface area contributed by atoms with Gasteiger partial charge in [-0.25, -0.2) is 0 Å². The van der Waals surface area contributed by atoms with Gasteiger partial charge < -0.3 is 19.3 Å². The summed E-state index contributed by atoms with van der Waals surface area (Å²) < 4.78 is 10.3. The third-order valence-corrected chi connectivity index (χ3v) is 5.04. The molecule has 2 heterocycles. The molecule has 128 valence electrons. The zero-order valence-corrected chi connectivity index (χ0v) is 13.6. The Bertz CT molecular complexity index is 527. The molecule has 1 aliphatic carbocycles. The standard InChI is InChI=1S/C16H25N3O4/c1-22-10-14-17-16(23-18-14)13-8-19(7-12(13)9-20)15(21)6-11-4-2-3-5-11/h11-13,20H,2-10H2,1H3/t12-,13+/m0/s1. The maximum Gasteiger partial charge on any atom is 0.232 e. The van der Waals surface area contributed by atoms with Crippen molar-refractivity contribution in [3.8, 4) is 0 Å². The Kier molecular flexibility index (Phi) is 5.27. The number of aliphatic hydroxyl groups excluding tert-OH is 1. The summed E-state index contributed by atoms with van der Waals surface area (Å²) in [6.45, 7) is 1.42. The molecule has 0 aromatic carbocycles. The lowest BCUT2D eigenvalue weighted by Crippen LogP contribution is -2.30. The molecule has 0 spiro atoms. The van der Waals surface area contributed by atoms with Crippen molar-refractivity contribution < 1.29 is 19.2 Å². The van der Waals surface area contributed by atoms with Crippen LogP contribution in [0.25, 0.3) is 0 Å². The van der Waals surface area contributed by atoms with E-state index >= 15 is 0 Å². The fourth-order valence-corrected chi connectivity index (χ4v) is 3.74. The lowest BCUT2D eigenvalue weighted by molar-refractivity contribution is -0.131. The van der Waals surface area contributed by atoms with Crippen LogP contribution in [0, 0.1) is 11.8 Å². The van der Waals surface area contributed by atoms with Crippen LogP contribution in [-0.2, 0) is 16.1 Å². The summed E-state index contributed by atoms with van der Waals surface area (Å²) >= 11 is 0. The van der Waals surface area contributed by atoms with Crippen LogP contribution in [-0.4, -0.2) is 52.9 Å². The van der Waals surface area contributed by atoms with E-state index in [-0.39, 0.29) is 24.3 Å². The molecule has 2 aliphatic rings.